The second kappa shape index (κ2) is 10.2. The highest BCUT2D eigenvalue weighted by molar-refractivity contribution is 6.09. The molecule has 1 aliphatic rings. The lowest BCUT2D eigenvalue weighted by Gasteiger charge is -2.29. The van der Waals surface area contributed by atoms with Gasteiger partial charge in [-0.25, -0.2) is 4.98 Å². The highest BCUT2D eigenvalue weighted by atomic mass is 16.1. The van der Waals surface area contributed by atoms with Crippen LogP contribution in [0.5, 0.6) is 0 Å². The molecule has 1 aliphatic carbocycles. The lowest BCUT2D eigenvalue weighted by atomic mass is 9.84. The molecule has 1 amide bonds. The molecule has 4 aromatic rings. The second-order valence-corrected chi connectivity index (χ2v) is 9.36. The lowest BCUT2D eigenvalue weighted by Crippen LogP contribution is -2.39. The van der Waals surface area contributed by atoms with E-state index in [2.05, 4.69) is 29.4 Å². The Labute approximate surface area is 201 Å². The first-order valence-corrected chi connectivity index (χ1v) is 12.4. The van der Waals surface area contributed by atoms with E-state index in [1.165, 1.54) is 32.1 Å². The van der Waals surface area contributed by atoms with Gasteiger partial charge in [0.25, 0.3) is 5.91 Å². The van der Waals surface area contributed by atoms with E-state index in [1.54, 1.807) is 6.20 Å². The predicted octanol–water partition coefficient (Wildman–Crippen LogP) is 6.59. The molecule has 1 unspecified atom stereocenters. The maximum absolute atomic E-state index is 13.9. The number of nitrogens with zero attached hydrogens (tertiary/aromatic N) is 2. The zero-order valence-corrected chi connectivity index (χ0v) is 19.7. The Balaban J connectivity index is 1.64. The summed E-state index contributed by atoms with van der Waals surface area (Å²) in [5.74, 6) is 0.526. The van der Waals surface area contributed by atoms with Crippen molar-refractivity contribution in [1.82, 2.24) is 15.3 Å². The fourth-order valence-corrected chi connectivity index (χ4v) is 5.23. The summed E-state index contributed by atoms with van der Waals surface area (Å²) < 4.78 is 0. The van der Waals surface area contributed by atoms with E-state index in [-0.39, 0.29) is 11.9 Å². The van der Waals surface area contributed by atoms with Crippen LogP contribution in [-0.2, 0) is 6.42 Å². The number of rotatable bonds is 6. The van der Waals surface area contributed by atoms with Crippen LogP contribution in [-0.4, -0.2) is 21.9 Å². The zero-order valence-electron chi connectivity index (χ0n) is 19.7. The first kappa shape index (κ1) is 22.3. The van der Waals surface area contributed by atoms with Crippen LogP contribution in [0.1, 0.15) is 60.6 Å². The molecular weight excluding hydrogens is 418 g/mol. The summed E-state index contributed by atoms with van der Waals surface area (Å²) in [5, 5.41) is 4.27. The van der Waals surface area contributed by atoms with Gasteiger partial charge in [0.1, 0.15) is 0 Å². The number of amides is 1. The number of para-hydroxylation sites is 1. The summed E-state index contributed by atoms with van der Waals surface area (Å²) in [6.07, 6.45) is 8.54. The molecule has 0 radical (unpaired) electrons. The molecular formula is C30H31N3O. The van der Waals surface area contributed by atoms with Gasteiger partial charge in [0.15, 0.2) is 0 Å². The average Bonchev–Trinajstić information content (AvgIpc) is 2.89. The van der Waals surface area contributed by atoms with Gasteiger partial charge in [-0.1, -0.05) is 73.9 Å². The van der Waals surface area contributed by atoms with E-state index in [1.807, 2.05) is 60.7 Å². The molecule has 4 nitrogen and oxygen atoms in total. The van der Waals surface area contributed by atoms with Gasteiger partial charge in [-0.2, -0.15) is 0 Å². The van der Waals surface area contributed by atoms with Crippen LogP contribution in [0.25, 0.3) is 22.2 Å². The second-order valence-electron chi connectivity index (χ2n) is 9.36. The molecule has 2 aromatic heterocycles. The molecule has 1 fully saturated rings. The highest BCUT2D eigenvalue weighted by Crippen LogP contribution is 2.33. The zero-order chi connectivity index (χ0) is 23.3. The van der Waals surface area contributed by atoms with Crippen LogP contribution in [0, 0.1) is 5.92 Å². The van der Waals surface area contributed by atoms with Gasteiger partial charge < -0.3 is 5.32 Å². The van der Waals surface area contributed by atoms with Gasteiger partial charge in [-0.15, -0.1) is 0 Å². The van der Waals surface area contributed by atoms with Crippen molar-refractivity contribution in [2.24, 2.45) is 5.92 Å². The van der Waals surface area contributed by atoms with Crippen molar-refractivity contribution < 1.29 is 4.79 Å². The normalized spacial score (nSPS) is 15.2. The number of hydrogen-bond donors (Lipinski definition) is 1. The fraction of sp³-hybridized carbons (Fsp3) is 0.300. The fourth-order valence-electron chi connectivity index (χ4n) is 5.23. The number of hydrogen-bond acceptors (Lipinski definition) is 3. The minimum atomic E-state index is -0.0141. The average molecular weight is 450 g/mol. The Morgan fingerprint density at radius 1 is 0.941 bits per heavy atom. The molecule has 0 aliphatic heterocycles. The van der Waals surface area contributed by atoms with E-state index in [0.29, 0.717) is 12.3 Å². The highest BCUT2D eigenvalue weighted by Gasteiger charge is 2.26. The number of carbonyl (C=O) groups is 1. The first-order valence-electron chi connectivity index (χ1n) is 12.4. The quantitative estimate of drug-likeness (QED) is 0.361. The largest absolute Gasteiger partial charge is 0.349 e. The van der Waals surface area contributed by atoms with Crippen LogP contribution in [0.4, 0.5) is 0 Å². The molecule has 0 spiro atoms. The number of aromatic nitrogens is 2. The molecule has 5 rings (SSSR count). The molecule has 0 bridgehead atoms. The van der Waals surface area contributed by atoms with Crippen LogP contribution in [0.15, 0.2) is 79.0 Å². The maximum Gasteiger partial charge on any atom is 0.252 e. The monoisotopic (exact) mass is 449 g/mol. The van der Waals surface area contributed by atoms with E-state index in [0.717, 1.165) is 39.0 Å². The molecule has 34 heavy (non-hydrogen) atoms. The molecule has 2 heterocycles. The van der Waals surface area contributed by atoms with Gasteiger partial charge >= 0.3 is 0 Å². The standard InChI is InChI=1S/C30H31N3O/c1-21(22-12-4-2-5-13-22)32-30(34)28-25-17-8-9-18-27(25)33-29(23-14-6-3-7-15-23)26(28)20-24-16-10-11-19-31-24/h3,6-11,14-19,21-22H,2,4-5,12-13,20H2,1H3,(H,32,34). The minimum Gasteiger partial charge on any atom is -0.349 e. The Kier molecular flexibility index (Phi) is 6.66. The van der Waals surface area contributed by atoms with E-state index >= 15 is 0 Å². The Morgan fingerprint density at radius 2 is 1.68 bits per heavy atom. The van der Waals surface area contributed by atoms with Crippen molar-refractivity contribution >= 4 is 16.8 Å². The van der Waals surface area contributed by atoms with Crippen molar-refractivity contribution in [1.29, 1.82) is 0 Å². The van der Waals surface area contributed by atoms with E-state index in [9.17, 15) is 4.79 Å². The van der Waals surface area contributed by atoms with Crippen molar-refractivity contribution in [2.45, 2.75) is 51.5 Å². The van der Waals surface area contributed by atoms with Gasteiger partial charge in [0, 0.05) is 35.3 Å². The summed E-state index contributed by atoms with van der Waals surface area (Å²) in [6.45, 7) is 2.16. The van der Waals surface area contributed by atoms with Gasteiger partial charge in [-0.3, -0.25) is 9.78 Å². The topological polar surface area (TPSA) is 54.9 Å². The molecule has 1 saturated carbocycles. The summed E-state index contributed by atoms with van der Waals surface area (Å²) in [6, 6.07) is 24.2. The number of carbonyl (C=O) groups excluding carboxylic acids is 1. The third-order valence-corrected chi connectivity index (χ3v) is 7.07. The third kappa shape index (κ3) is 4.72. The summed E-state index contributed by atoms with van der Waals surface area (Å²) >= 11 is 0. The third-order valence-electron chi connectivity index (χ3n) is 7.07. The molecule has 1 atom stereocenters. The van der Waals surface area contributed by atoms with Crippen LogP contribution < -0.4 is 5.32 Å². The molecule has 2 aromatic carbocycles. The minimum absolute atomic E-state index is 0.0141. The van der Waals surface area contributed by atoms with Crippen LogP contribution in [0.2, 0.25) is 0 Å². The lowest BCUT2D eigenvalue weighted by molar-refractivity contribution is 0.0920. The summed E-state index contributed by atoms with van der Waals surface area (Å²) in [7, 11) is 0. The Bertz CT molecular complexity index is 1260. The Morgan fingerprint density at radius 3 is 2.44 bits per heavy atom. The number of benzene rings is 2. The van der Waals surface area contributed by atoms with Crippen LogP contribution in [0.3, 0.4) is 0 Å². The number of nitrogens with one attached hydrogen (secondary N) is 1. The van der Waals surface area contributed by atoms with Crippen molar-refractivity contribution in [3.8, 4) is 11.3 Å². The van der Waals surface area contributed by atoms with Crippen molar-refractivity contribution in [3.63, 3.8) is 0 Å². The first-order chi connectivity index (χ1) is 16.7. The SMILES string of the molecule is CC(NC(=O)c1c(Cc2ccccn2)c(-c2ccccc2)nc2ccccc12)C1CCCCC1. The molecule has 1 N–H and O–H groups in total. The van der Waals surface area contributed by atoms with Gasteiger partial charge in [0.2, 0.25) is 0 Å². The van der Waals surface area contributed by atoms with E-state index < -0.39 is 0 Å². The number of fused-ring (bicyclic) bond motifs is 1. The molecule has 0 saturated heterocycles. The van der Waals surface area contributed by atoms with E-state index in [4.69, 9.17) is 4.98 Å². The van der Waals surface area contributed by atoms with Crippen molar-refractivity contribution in [3.05, 3.63) is 95.8 Å². The van der Waals surface area contributed by atoms with Gasteiger partial charge in [0.05, 0.1) is 16.8 Å². The summed E-state index contributed by atoms with van der Waals surface area (Å²) in [5.41, 5.74) is 5.26. The predicted molar refractivity (Wildman–Crippen MR) is 138 cm³/mol. The van der Waals surface area contributed by atoms with Crippen LogP contribution >= 0.6 is 0 Å². The Hall–Kier alpha value is -3.53. The molecule has 172 valence electrons. The summed E-state index contributed by atoms with van der Waals surface area (Å²) in [4.78, 5) is 23.6. The maximum atomic E-state index is 13.9. The molecule has 4 heteroatoms. The van der Waals surface area contributed by atoms with Gasteiger partial charge in [-0.05, 0) is 49.4 Å². The smallest absolute Gasteiger partial charge is 0.252 e. The number of pyridine rings is 2. The van der Waals surface area contributed by atoms with Crippen molar-refractivity contribution in [2.75, 3.05) is 0 Å².